The quantitative estimate of drug-likeness (QED) is 0.732. The lowest BCUT2D eigenvalue weighted by molar-refractivity contribution is -0.142. The summed E-state index contributed by atoms with van der Waals surface area (Å²) in [5.74, 6) is -1.11. The lowest BCUT2D eigenvalue weighted by atomic mass is 10.2. The van der Waals surface area contributed by atoms with Crippen LogP contribution >= 0.6 is 0 Å². The number of carbonyl (C=O) groups is 3. The Kier molecular flexibility index (Phi) is 3.75. The fourth-order valence-electron chi connectivity index (χ4n) is 1.79. The molecular formula is C11H17NO5. The van der Waals surface area contributed by atoms with Gasteiger partial charge in [-0.1, -0.05) is 0 Å². The van der Waals surface area contributed by atoms with Gasteiger partial charge in [0.05, 0.1) is 6.04 Å². The van der Waals surface area contributed by atoms with Gasteiger partial charge in [0.1, 0.15) is 17.9 Å². The first-order valence-electron chi connectivity index (χ1n) is 5.45. The maximum absolute atomic E-state index is 11.8. The number of aldehydes is 1. The van der Waals surface area contributed by atoms with Gasteiger partial charge in [-0.05, 0) is 33.6 Å². The van der Waals surface area contributed by atoms with E-state index >= 15 is 0 Å². The lowest BCUT2D eigenvalue weighted by Crippen LogP contribution is -2.47. The van der Waals surface area contributed by atoms with E-state index in [4.69, 9.17) is 9.84 Å². The summed E-state index contributed by atoms with van der Waals surface area (Å²) in [4.78, 5) is 34.6. The number of aliphatic carboxylic acids is 1. The first-order valence-corrected chi connectivity index (χ1v) is 5.45. The van der Waals surface area contributed by atoms with Crippen LogP contribution in [0, 0.1) is 0 Å². The Morgan fingerprint density at radius 1 is 1.35 bits per heavy atom. The molecule has 1 aliphatic heterocycles. The van der Waals surface area contributed by atoms with Crippen molar-refractivity contribution < 1.29 is 24.2 Å². The number of amides is 1. The molecule has 1 fully saturated rings. The van der Waals surface area contributed by atoms with Crippen LogP contribution in [-0.2, 0) is 14.3 Å². The van der Waals surface area contributed by atoms with E-state index in [0.717, 1.165) is 4.90 Å². The molecule has 0 aromatic rings. The third kappa shape index (κ3) is 3.18. The first kappa shape index (κ1) is 13.5. The molecule has 1 N–H and O–H groups in total. The second-order valence-electron chi connectivity index (χ2n) is 5.02. The van der Waals surface area contributed by atoms with Crippen LogP contribution in [0.2, 0.25) is 0 Å². The Bertz CT molecular complexity index is 333. The number of hydrogen-bond acceptors (Lipinski definition) is 4. The fourth-order valence-corrected chi connectivity index (χ4v) is 1.79. The maximum atomic E-state index is 11.8. The van der Waals surface area contributed by atoms with Crippen LogP contribution < -0.4 is 0 Å². The Balaban J connectivity index is 2.85. The number of carboxylic acid groups (broad SMARTS) is 1. The van der Waals surface area contributed by atoms with E-state index in [0.29, 0.717) is 12.7 Å². The van der Waals surface area contributed by atoms with Gasteiger partial charge >= 0.3 is 12.1 Å². The molecule has 0 aromatic carbocycles. The van der Waals surface area contributed by atoms with Crippen molar-refractivity contribution in [3.05, 3.63) is 0 Å². The van der Waals surface area contributed by atoms with Gasteiger partial charge in [0.25, 0.3) is 0 Å². The van der Waals surface area contributed by atoms with Crippen molar-refractivity contribution in [3.8, 4) is 0 Å². The van der Waals surface area contributed by atoms with Crippen LogP contribution in [0.15, 0.2) is 0 Å². The second kappa shape index (κ2) is 4.73. The van der Waals surface area contributed by atoms with Gasteiger partial charge in [-0.25, -0.2) is 9.59 Å². The summed E-state index contributed by atoms with van der Waals surface area (Å²) in [6.07, 6.45) is 0.476. The van der Waals surface area contributed by atoms with E-state index in [1.165, 1.54) is 0 Å². The average Bonchev–Trinajstić information content (AvgIpc) is 2.57. The zero-order valence-electron chi connectivity index (χ0n) is 10.2. The Hall–Kier alpha value is -1.59. The van der Waals surface area contributed by atoms with Crippen LogP contribution in [0.1, 0.15) is 33.6 Å². The molecule has 2 unspecified atom stereocenters. The Morgan fingerprint density at radius 3 is 2.35 bits per heavy atom. The van der Waals surface area contributed by atoms with E-state index in [1.54, 1.807) is 20.8 Å². The molecule has 6 nitrogen and oxygen atoms in total. The summed E-state index contributed by atoms with van der Waals surface area (Å²) in [5, 5.41) is 8.98. The number of carboxylic acids is 1. The summed E-state index contributed by atoms with van der Waals surface area (Å²) < 4.78 is 5.10. The predicted molar refractivity (Wildman–Crippen MR) is 58.6 cm³/mol. The van der Waals surface area contributed by atoms with Crippen molar-refractivity contribution in [1.29, 1.82) is 0 Å². The number of nitrogens with zero attached hydrogens (tertiary/aromatic N) is 1. The molecule has 17 heavy (non-hydrogen) atoms. The highest BCUT2D eigenvalue weighted by Gasteiger charge is 2.42. The zero-order chi connectivity index (χ0) is 13.2. The van der Waals surface area contributed by atoms with Crippen LogP contribution in [0.25, 0.3) is 0 Å². The van der Waals surface area contributed by atoms with Crippen LogP contribution in [-0.4, -0.2) is 46.0 Å². The van der Waals surface area contributed by atoms with E-state index in [2.05, 4.69) is 0 Å². The smallest absolute Gasteiger partial charge is 0.411 e. The largest absolute Gasteiger partial charge is 0.480 e. The molecule has 1 saturated heterocycles. The molecule has 2 atom stereocenters. The highest BCUT2D eigenvalue weighted by molar-refractivity contribution is 5.84. The van der Waals surface area contributed by atoms with Crippen molar-refractivity contribution in [1.82, 2.24) is 4.90 Å². The van der Waals surface area contributed by atoms with Gasteiger partial charge < -0.3 is 14.6 Å². The number of hydrogen-bond donors (Lipinski definition) is 1. The van der Waals surface area contributed by atoms with Gasteiger partial charge in [-0.2, -0.15) is 0 Å². The molecule has 1 rings (SSSR count). The van der Waals surface area contributed by atoms with Crippen LogP contribution in [0.3, 0.4) is 0 Å². The van der Waals surface area contributed by atoms with Crippen molar-refractivity contribution in [2.24, 2.45) is 0 Å². The van der Waals surface area contributed by atoms with Gasteiger partial charge in [0, 0.05) is 0 Å². The molecule has 0 spiro atoms. The van der Waals surface area contributed by atoms with E-state index in [1.807, 2.05) is 0 Å². The molecule has 1 amide bonds. The normalized spacial score (nSPS) is 24.5. The van der Waals surface area contributed by atoms with E-state index < -0.39 is 29.7 Å². The third-order valence-corrected chi connectivity index (χ3v) is 2.48. The molecule has 0 saturated carbocycles. The van der Waals surface area contributed by atoms with Gasteiger partial charge in [0.2, 0.25) is 0 Å². The highest BCUT2D eigenvalue weighted by atomic mass is 16.6. The molecule has 6 heteroatoms. The van der Waals surface area contributed by atoms with Gasteiger partial charge in [-0.15, -0.1) is 0 Å². The van der Waals surface area contributed by atoms with Crippen molar-refractivity contribution in [2.45, 2.75) is 51.3 Å². The minimum absolute atomic E-state index is 0.276. The number of ether oxygens (including phenoxy) is 1. The highest BCUT2D eigenvalue weighted by Crippen LogP contribution is 2.25. The molecule has 0 aromatic heterocycles. The van der Waals surface area contributed by atoms with Gasteiger partial charge in [-0.3, -0.25) is 4.90 Å². The molecule has 0 aliphatic carbocycles. The molecule has 1 heterocycles. The summed E-state index contributed by atoms with van der Waals surface area (Å²) in [6, 6.07) is -1.68. The SMILES string of the molecule is CC(C)(C)OC(=O)N1C(C=O)CCC1C(=O)O. The number of carbonyl (C=O) groups excluding carboxylic acids is 2. The minimum atomic E-state index is -1.11. The van der Waals surface area contributed by atoms with Gasteiger partial charge in [0.15, 0.2) is 0 Å². The topological polar surface area (TPSA) is 83.9 Å². The Labute approximate surface area is 99.5 Å². The Morgan fingerprint density at radius 2 is 1.94 bits per heavy atom. The lowest BCUT2D eigenvalue weighted by Gasteiger charge is -2.28. The third-order valence-electron chi connectivity index (χ3n) is 2.48. The van der Waals surface area contributed by atoms with E-state index in [-0.39, 0.29) is 6.42 Å². The molecule has 1 aliphatic rings. The molecular weight excluding hydrogens is 226 g/mol. The van der Waals surface area contributed by atoms with Crippen molar-refractivity contribution in [2.75, 3.05) is 0 Å². The predicted octanol–water partition coefficient (Wildman–Crippen LogP) is 1.04. The minimum Gasteiger partial charge on any atom is -0.480 e. The van der Waals surface area contributed by atoms with Crippen molar-refractivity contribution in [3.63, 3.8) is 0 Å². The second-order valence-corrected chi connectivity index (χ2v) is 5.02. The summed E-state index contributed by atoms with van der Waals surface area (Å²) in [6.45, 7) is 5.06. The zero-order valence-corrected chi connectivity index (χ0v) is 10.2. The summed E-state index contributed by atoms with van der Waals surface area (Å²) >= 11 is 0. The van der Waals surface area contributed by atoms with Crippen molar-refractivity contribution >= 4 is 18.3 Å². The van der Waals surface area contributed by atoms with Crippen LogP contribution in [0.4, 0.5) is 4.79 Å². The molecule has 0 bridgehead atoms. The van der Waals surface area contributed by atoms with E-state index in [9.17, 15) is 14.4 Å². The molecule has 96 valence electrons. The molecule has 0 radical (unpaired) electrons. The summed E-state index contributed by atoms with van der Waals surface area (Å²) in [5.41, 5.74) is -0.712. The maximum Gasteiger partial charge on any atom is 0.411 e. The number of likely N-dealkylation sites (tertiary alicyclic amines) is 1. The number of rotatable bonds is 2. The van der Waals surface area contributed by atoms with Crippen LogP contribution in [0.5, 0.6) is 0 Å². The monoisotopic (exact) mass is 243 g/mol. The first-order chi connectivity index (χ1) is 7.76. The fraction of sp³-hybridized carbons (Fsp3) is 0.727. The summed E-state index contributed by atoms with van der Waals surface area (Å²) in [7, 11) is 0. The average molecular weight is 243 g/mol. The standard InChI is InChI=1S/C11H17NO5/c1-11(2,3)17-10(16)12-7(6-13)4-5-8(12)9(14)15/h6-8H,4-5H2,1-3H3,(H,14,15).